The lowest BCUT2D eigenvalue weighted by atomic mass is 10.3. The van der Waals surface area contributed by atoms with Crippen molar-refractivity contribution in [3.05, 3.63) is 0 Å². The molecule has 5 nitrogen and oxygen atoms in total. The Labute approximate surface area is 94.8 Å². The first-order chi connectivity index (χ1) is 7.03. The molecule has 1 fully saturated rings. The van der Waals surface area contributed by atoms with Crippen molar-refractivity contribution in [2.24, 2.45) is 0 Å². The second-order valence-corrected chi connectivity index (χ2v) is 5.43. The van der Waals surface area contributed by atoms with Gasteiger partial charge in [0.2, 0.25) is 0 Å². The highest BCUT2D eigenvalue weighted by atomic mass is 32.1. The van der Waals surface area contributed by atoms with E-state index in [2.05, 4.69) is 12.6 Å². The molecule has 0 spiro atoms. The molecule has 0 aliphatic heterocycles. The zero-order valence-corrected chi connectivity index (χ0v) is 10.2. The van der Waals surface area contributed by atoms with Gasteiger partial charge in [0.15, 0.2) is 0 Å². The average molecular weight is 256 g/mol. The molecule has 0 heterocycles. The summed E-state index contributed by atoms with van der Waals surface area (Å²) >= 11 is 3.95. The Morgan fingerprint density at radius 1 is 1.47 bits per heavy atom. The van der Waals surface area contributed by atoms with Crippen molar-refractivity contribution in [2.45, 2.75) is 37.9 Å². The highest BCUT2D eigenvalue weighted by Crippen LogP contribution is 2.47. The van der Waals surface area contributed by atoms with E-state index < -0.39 is 13.9 Å². The molecular weight excluding hydrogens is 239 g/mol. The topological polar surface area (TPSA) is 76.0 Å². The minimum absolute atomic E-state index is 0.159. The van der Waals surface area contributed by atoms with Gasteiger partial charge in [0.1, 0.15) is 0 Å². The standard InChI is InChI=1S/C8H17O5PS/c9-7-2-3-8(6-7)13-14(10,11)12-4-1-5-15/h7-9,15H,1-6H2,(H,10,11). The molecule has 0 radical (unpaired) electrons. The molecule has 1 aliphatic rings. The first-order valence-corrected chi connectivity index (χ1v) is 7.11. The first-order valence-electron chi connectivity index (χ1n) is 4.98. The Kier molecular flexibility index (Phi) is 5.60. The summed E-state index contributed by atoms with van der Waals surface area (Å²) in [6.07, 6.45) is 1.42. The predicted molar refractivity (Wildman–Crippen MR) is 59.0 cm³/mol. The summed E-state index contributed by atoms with van der Waals surface area (Å²) < 4.78 is 21.0. The molecule has 7 heteroatoms. The van der Waals surface area contributed by atoms with Gasteiger partial charge in [-0.15, -0.1) is 0 Å². The summed E-state index contributed by atoms with van der Waals surface area (Å²) in [5, 5.41) is 9.21. The number of phosphoric acid groups is 1. The number of aliphatic hydroxyl groups is 1. The lowest BCUT2D eigenvalue weighted by Gasteiger charge is -2.16. The van der Waals surface area contributed by atoms with Crippen LogP contribution in [0.2, 0.25) is 0 Å². The number of phosphoric ester groups is 1. The van der Waals surface area contributed by atoms with Crippen molar-refractivity contribution in [1.29, 1.82) is 0 Å². The van der Waals surface area contributed by atoms with Crippen LogP contribution >= 0.6 is 20.5 Å². The number of rotatable bonds is 6. The third kappa shape index (κ3) is 5.33. The monoisotopic (exact) mass is 256 g/mol. The molecule has 0 bridgehead atoms. The van der Waals surface area contributed by atoms with E-state index in [1.54, 1.807) is 0 Å². The van der Waals surface area contributed by atoms with Crippen molar-refractivity contribution < 1.29 is 23.6 Å². The maximum atomic E-state index is 11.4. The van der Waals surface area contributed by atoms with Crippen LogP contribution < -0.4 is 0 Å². The smallest absolute Gasteiger partial charge is 0.393 e. The molecule has 3 unspecified atom stereocenters. The fourth-order valence-electron chi connectivity index (χ4n) is 1.48. The predicted octanol–water partition coefficient (Wildman–Crippen LogP) is 1.35. The molecule has 0 saturated heterocycles. The van der Waals surface area contributed by atoms with Crippen LogP contribution in [0.1, 0.15) is 25.7 Å². The van der Waals surface area contributed by atoms with Gasteiger partial charge in [0, 0.05) is 6.42 Å². The van der Waals surface area contributed by atoms with Crippen molar-refractivity contribution >= 4 is 20.5 Å². The van der Waals surface area contributed by atoms with E-state index in [1.165, 1.54) is 0 Å². The number of thiol groups is 1. The van der Waals surface area contributed by atoms with Crippen molar-refractivity contribution in [2.75, 3.05) is 12.4 Å². The van der Waals surface area contributed by atoms with Gasteiger partial charge in [-0.2, -0.15) is 12.6 Å². The average Bonchev–Trinajstić information content (AvgIpc) is 2.50. The minimum Gasteiger partial charge on any atom is -0.393 e. The van der Waals surface area contributed by atoms with Gasteiger partial charge in [0.25, 0.3) is 0 Å². The highest BCUT2D eigenvalue weighted by Gasteiger charge is 2.31. The maximum Gasteiger partial charge on any atom is 0.472 e. The van der Waals surface area contributed by atoms with Crippen LogP contribution in [0.25, 0.3) is 0 Å². The molecule has 0 amide bonds. The largest absolute Gasteiger partial charge is 0.472 e. The van der Waals surface area contributed by atoms with E-state index in [0.29, 0.717) is 31.4 Å². The third-order valence-corrected chi connectivity index (χ3v) is 3.59. The van der Waals surface area contributed by atoms with Crippen LogP contribution in [-0.4, -0.2) is 34.6 Å². The number of hydrogen-bond donors (Lipinski definition) is 3. The van der Waals surface area contributed by atoms with Gasteiger partial charge >= 0.3 is 7.82 Å². The molecule has 1 rings (SSSR count). The van der Waals surface area contributed by atoms with Gasteiger partial charge in [-0.3, -0.25) is 9.05 Å². The van der Waals surface area contributed by atoms with Crippen molar-refractivity contribution in [3.8, 4) is 0 Å². The van der Waals surface area contributed by atoms with E-state index in [1.807, 2.05) is 0 Å². The summed E-state index contributed by atoms with van der Waals surface area (Å²) in [7, 11) is -3.94. The quantitative estimate of drug-likeness (QED) is 0.380. The third-order valence-electron chi connectivity index (χ3n) is 2.20. The van der Waals surface area contributed by atoms with Crippen LogP contribution in [0.4, 0.5) is 0 Å². The molecule has 90 valence electrons. The molecule has 2 N–H and O–H groups in total. The highest BCUT2D eigenvalue weighted by molar-refractivity contribution is 7.80. The van der Waals surface area contributed by atoms with E-state index in [0.717, 1.165) is 0 Å². The van der Waals surface area contributed by atoms with Crippen LogP contribution in [0.5, 0.6) is 0 Å². The van der Waals surface area contributed by atoms with Gasteiger partial charge < -0.3 is 10.00 Å². The lowest BCUT2D eigenvalue weighted by Crippen LogP contribution is -2.10. The van der Waals surface area contributed by atoms with Crippen LogP contribution in [0.15, 0.2) is 0 Å². The SMILES string of the molecule is O=P(O)(OCCCS)OC1CCC(O)C1. The molecule has 1 aliphatic carbocycles. The summed E-state index contributed by atoms with van der Waals surface area (Å²) in [6.45, 7) is 0.159. The van der Waals surface area contributed by atoms with Crippen molar-refractivity contribution in [1.82, 2.24) is 0 Å². The van der Waals surface area contributed by atoms with Crippen molar-refractivity contribution in [3.63, 3.8) is 0 Å². The number of aliphatic hydroxyl groups excluding tert-OH is 1. The Morgan fingerprint density at radius 2 is 2.20 bits per heavy atom. The summed E-state index contributed by atoms with van der Waals surface area (Å²) in [5.41, 5.74) is 0. The van der Waals surface area contributed by atoms with Gasteiger partial charge in [-0.25, -0.2) is 4.57 Å². The summed E-state index contributed by atoms with van der Waals surface area (Å²) in [6, 6.07) is 0. The van der Waals surface area contributed by atoms with Crippen LogP contribution in [-0.2, 0) is 13.6 Å². The van der Waals surface area contributed by atoms with E-state index in [-0.39, 0.29) is 12.7 Å². The Bertz CT molecular complexity index is 237. The van der Waals surface area contributed by atoms with E-state index >= 15 is 0 Å². The second kappa shape index (κ2) is 6.23. The Balaban J connectivity index is 2.26. The molecule has 1 saturated carbocycles. The summed E-state index contributed by atoms with van der Waals surface area (Å²) in [4.78, 5) is 9.29. The number of hydrogen-bond acceptors (Lipinski definition) is 5. The zero-order chi connectivity index (χ0) is 11.3. The molecule has 0 aromatic heterocycles. The second-order valence-electron chi connectivity index (χ2n) is 3.57. The zero-order valence-electron chi connectivity index (χ0n) is 8.41. The van der Waals surface area contributed by atoms with Gasteiger partial charge in [-0.05, 0) is 25.0 Å². The Hall–Kier alpha value is 0.420. The van der Waals surface area contributed by atoms with Gasteiger partial charge in [0.05, 0.1) is 18.8 Å². The fraction of sp³-hybridized carbons (Fsp3) is 1.00. The van der Waals surface area contributed by atoms with E-state index in [9.17, 15) is 14.6 Å². The first kappa shape index (κ1) is 13.5. The molecule has 0 aromatic rings. The lowest BCUT2D eigenvalue weighted by molar-refractivity contribution is 0.0955. The fourth-order valence-corrected chi connectivity index (χ4v) is 2.59. The molecule has 0 aromatic carbocycles. The summed E-state index contributed by atoms with van der Waals surface area (Å²) in [5.74, 6) is 0.599. The Morgan fingerprint density at radius 3 is 2.73 bits per heavy atom. The molecule has 3 atom stereocenters. The van der Waals surface area contributed by atoms with Crippen LogP contribution in [0.3, 0.4) is 0 Å². The molecular formula is C8H17O5PS. The van der Waals surface area contributed by atoms with Crippen LogP contribution in [0, 0.1) is 0 Å². The minimum atomic E-state index is -3.94. The maximum absolute atomic E-state index is 11.4. The van der Waals surface area contributed by atoms with E-state index in [4.69, 9.17) is 9.05 Å². The van der Waals surface area contributed by atoms with Gasteiger partial charge in [-0.1, -0.05) is 0 Å². The normalized spacial score (nSPS) is 30.3. The molecule has 15 heavy (non-hydrogen) atoms.